The van der Waals surface area contributed by atoms with Crippen LogP contribution < -0.4 is 5.32 Å². The van der Waals surface area contributed by atoms with Gasteiger partial charge < -0.3 is 10.1 Å². The van der Waals surface area contributed by atoms with Crippen LogP contribution in [-0.2, 0) is 14.3 Å². The first kappa shape index (κ1) is 24.9. The third kappa shape index (κ3) is 6.21. The SMILES string of the molecule is CC1=NC(C)=C(C(=O)NCC=Cc2ccccc2)C(c2cccc(Cl)c2)C1C(=O)OCCC#N. The van der Waals surface area contributed by atoms with Gasteiger partial charge in [0.1, 0.15) is 12.5 Å². The third-order valence-corrected chi connectivity index (χ3v) is 5.72. The van der Waals surface area contributed by atoms with Crippen molar-refractivity contribution in [3.63, 3.8) is 0 Å². The molecule has 0 spiro atoms. The summed E-state index contributed by atoms with van der Waals surface area (Å²) >= 11 is 6.25. The predicted molar refractivity (Wildman–Crippen MR) is 133 cm³/mol. The maximum absolute atomic E-state index is 13.3. The highest BCUT2D eigenvalue weighted by atomic mass is 35.5. The Kier molecular flexibility index (Phi) is 8.78. The Morgan fingerprint density at radius 2 is 1.94 bits per heavy atom. The van der Waals surface area contributed by atoms with Crippen molar-refractivity contribution in [2.45, 2.75) is 26.2 Å². The number of ether oxygens (including phenoxy) is 1. The number of nitrogens with one attached hydrogen (secondary N) is 1. The molecular formula is C27H26ClN3O3. The molecule has 2 aromatic carbocycles. The Labute approximate surface area is 204 Å². The number of rotatable bonds is 8. The number of halogens is 1. The highest BCUT2D eigenvalue weighted by Gasteiger charge is 2.41. The lowest BCUT2D eigenvalue weighted by molar-refractivity contribution is -0.146. The topological polar surface area (TPSA) is 91.6 Å². The standard InChI is InChI=1S/C27H26ClN3O3/c1-18-23(26(32)30-15-7-11-20-9-4-3-5-10-20)25(21-12-6-13-22(28)17-21)24(19(2)31-18)27(33)34-16-8-14-29/h3-7,9-13,17,24-25H,8,15-16H2,1-2H3,(H,30,32). The predicted octanol–water partition coefficient (Wildman–Crippen LogP) is 5.07. The molecule has 3 rings (SSSR count). The van der Waals surface area contributed by atoms with E-state index in [-0.39, 0.29) is 18.9 Å². The van der Waals surface area contributed by atoms with Crippen LogP contribution in [-0.4, -0.2) is 30.7 Å². The van der Waals surface area contributed by atoms with Crippen LogP contribution in [0.15, 0.2) is 76.9 Å². The number of allylic oxidation sites excluding steroid dienone is 1. The van der Waals surface area contributed by atoms with E-state index in [1.165, 1.54) is 0 Å². The summed E-state index contributed by atoms with van der Waals surface area (Å²) in [6.07, 6.45) is 3.88. The smallest absolute Gasteiger partial charge is 0.315 e. The van der Waals surface area contributed by atoms with Gasteiger partial charge in [0, 0.05) is 34.5 Å². The zero-order valence-corrected chi connectivity index (χ0v) is 19.9. The molecule has 1 N–H and O–H groups in total. The van der Waals surface area contributed by atoms with Crippen molar-refractivity contribution in [3.05, 3.63) is 88.1 Å². The average Bonchev–Trinajstić information content (AvgIpc) is 2.82. The molecule has 174 valence electrons. The van der Waals surface area contributed by atoms with E-state index >= 15 is 0 Å². The number of nitrogens with zero attached hydrogens (tertiary/aromatic N) is 2. The van der Waals surface area contributed by atoms with Gasteiger partial charge in [0.25, 0.3) is 0 Å². The summed E-state index contributed by atoms with van der Waals surface area (Å²) in [5.41, 5.74) is 3.22. The van der Waals surface area contributed by atoms with E-state index in [9.17, 15) is 9.59 Å². The summed E-state index contributed by atoms with van der Waals surface area (Å²) in [6.45, 7) is 3.80. The van der Waals surface area contributed by atoms with Gasteiger partial charge in [-0.05, 0) is 37.1 Å². The van der Waals surface area contributed by atoms with Gasteiger partial charge in [0.15, 0.2) is 0 Å². The van der Waals surface area contributed by atoms with Crippen molar-refractivity contribution in [1.29, 1.82) is 5.26 Å². The minimum Gasteiger partial charge on any atom is -0.464 e. The minimum atomic E-state index is -0.804. The molecule has 0 fully saturated rings. The van der Waals surface area contributed by atoms with E-state index < -0.39 is 17.8 Å². The number of carbonyl (C=O) groups is 2. The molecule has 1 amide bonds. The van der Waals surface area contributed by atoms with Gasteiger partial charge in [-0.25, -0.2) is 0 Å². The van der Waals surface area contributed by atoms with Gasteiger partial charge in [-0.1, -0.05) is 66.2 Å². The van der Waals surface area contributed by atoms with Gasteiger partial charge in [-0.3, -0.25) is 14.6 Å². The van der Waals surface area contributed by atoms with Crippen LogP contribution >= 0.6 is 11.6 Å². The van der Waals surface area contributed by atoms with E-state index in [2.05, 4.69) is 10.3 Å². The molecule has 7 heteroatoms. The highest BCUT2D eigenvalue weighted by molar-refractivity contribution is 6.30. The Morgan fingerprint density at radius 3 is 2.65 bits per heavy atom. The fraction of sp³-hybridized carbons (Fsp3) is 0.259. The van der Waals surface area contributed by atoms with Gasteiger partial charge in [-0.15, -0.1) is 0 Å². The van der Waals surface area contributed by atoms with E-state index in [1.807, 2.05) is 54.6 Å². The molecule has 2 unspecified atom stereocenters. The number of carbonyl (C=O) groups excluding carboxylic acids is 2. The third-order valence-electron chi connectivity index (χ3n) is 5.48. The summed E-state index contributed by atoms with van der Waals surface area (Å²) < 4.78 is 5.34. The number of amides is 1. The quantitative estimate of drug-likeness (QED) is 0.426. The van der Waals surface area contributed by atoms with Gasteiger partial charge in [0.2, 0.25) is 5.91 Å². The Hall–Kier alpha value is -3.69. The summed E-state index contributed by atoms with van der Waals surface area (Å²) in [7, 11) is 0. The molecule has 0 saturated carbocycles. The van der Waals surface area contributed by atoms with E-state index in [1.54, 1.807) is 32.0 Å². The van der Waals surface area contributed by atoms with Crippen LogP contribution in [0.3, 0.4) is 0 Å². The number of hydrogen-bond donors (Lipinski definition) is 1. The summed E-state index contributed by atoms with van der Waals surface area (Å²) in [4.78, 5) is 30.9. The van der Waals surface area contributed by atoms with Crippen molar-refractivity contribution in [2.24, 2.45) is 10.9 Å². The number of nitriles is 1. The molecule has 0 radical (unpaired) electrons. The molecule has 34 heavy (non-hydrogen) atoms. The molecule has 2 atom stereocenters. The molecule has 6 nitrogen and oxygen atoms in total. The molecule has 0 aliphatic carbocycles. The molecule has 2 aromatic rings. The monoisotopic (exact) mass is 475 g/mol. The molecule has 0 aromatic heterocycles. The van der Waals surface area contributed by atoms with Crippen LogP contribution in [0.4, 0.5) is 0 Å². The molecule has 0 saturated heterocycles. The maximum atomic E-state index is 13.3. The second kappa shape index (κ2) is 12.0. The fourth-order valence-electron chi connectivity index (χ4n) is 3.99. The molecule has 1 aliphatic heterocycles. The van der Waals surface area contributed by atoms with Crippen molar-refractivity contribution in [1.82, 2.24) is 5.32 Å². The fourth-order valence-corrected chi connectivity index (χ4v) is 4.19. The van der Waals surface area contributed by atoms with E-state index in [4.69, 9.17) is 21.6 Å². The first-order valence-corrected chi connectivity index (χ1v) is 11.3. The Balaban J connectivity index is 1.89. The van der Waals surface area contributed by atoms with Gasteiger partial charge in [0.05, 0.1) is 12.5 Å². The van der Waals surface area contributed by atoms with Gasteiger partial charge >= 0.3 is 5.97 Å². The largest absolute Gasteiger partial charge is 0.464 e. The van der Waals surface area contributed by atoms with Crippen LogP contribution in [0.25, 0.3) is 6.08 Å². The minimum absolute atomic E-state index is 0.0180. The van der Waals surface area contributed by atoms with E-state index in [0.717, 1.165) is 5.56 Å². The highest BCUT2D eigenvalue weighted by Crippen LogP contribution is 2.40. The molecule has 1 aliphatic rings. The summed E-state index contributed by atoms with van der Waals surface area (Å²) in [5, 5.41) is 12.2. The number of benzene rings is 2. The van der Waals surface area contributed by atoms with Crippen LogP contribution in [0.1, 0.15) is 37.3 Å². The zero-order chi connectivity index (χ0) is 24.5. The Morgan fingerprint density at radius 1 is 1.18 bits per heavy atom. The average molecular weight is 476 g/mol. The number of esters is 1. The molecule has 1 heterocycles. The molecular weight excluding hydrogens is 450 g/mol. The van der Waals surface area contributed by atoms with Crippen LogP contribution in [0.2, 0.25) is 5.02 Å². The van der Waals surface area contributed by atoms with Crippen molar-refractivity contribution in [2.75, 3.05) is 13.2 Å². The maximum Gasteiger partial charge on any atom is 0.315 e. The summed E-state index contributed by atoms with van der Waals surface area (Å²) in [5.74, 6) is -2.26. The lowest BCUT2D eigenvalue weighted by Gasteiger charge is -2.32. The Bertz CT molecular complexity index is 1180. The lowest BCUT2D eigenvalue weighted by atomic mass is 9.75. The van der Waals surface area contributed by atoms with Gasteiger partial charge in [-0.2, -0.15) is 5.26 Å². The number of hydrogen-bond acceptors (Lipinski definition) is 5. The summed E-state index contributed by atoms with van der Waals surface area (Å²) in [6, 6.07) is 18.8. The van der Waals surface area contributed by atoms with Crippen molar-refractivity contribution >= 4 is 35.3 Å². The van der Waals surface area contributed by atoms with Crippen molar-refractivity contribution < 1.29 is 14.3 Å². The normalized spacial score (nSPS) is 17.8. The first-order chi connectivity index (χ1) is 16.4. The number of aliphatic imine (C=N–C) groups is 1. The molecule has 0 bridgehead atoms. The van der Waals surface area contributed by atoms with Crippen LogP contribution in [0.5, 0.6) is 0 Å². The van der Waals surface area contributed by atoms with Crippen molar-refractivity contribution in [3.8, 4) is 6.07 Å². The lowest BCUT2D eigenvalue weighted by Crippen LogP contribution is -2.39. The first-order valence-electron chi connectivity index (χ1n) is 11.0. The van der Waals surface area contributed by atoms with Crippen LogP contribution in [0, 0.1) is 17.2 Å². The van der Waals surface area contributed by atoms with E-state index in [0.29, 0.717) is 34.1 Å². The zero-order valence-electron chi connectivity index (χ0n) is 19.1. The second-order valence-corrected chi connectivity index (χ2v) is 8.30. The second-order valence-electron chi connectivity index (χ2n) is 7.86.